The number of aliphatic hydroxyl groups is 1. The van der Waals surface area contributed by atoms with Crippen molar-refractivity contribution in [1.82, 2.24) is 20.1 Å². The van der Waals surface area contributed by atoms with E-state index in [9.17, 15) is 9.90 Å². The van der Waals surface area contributed by atoms with Crippen molar-refractivity contribution in [2.75, 3.05) is 23.9 Å². The normalized spacial score (nSPS) is 17.7. The maximum Gasteiger partial charge on any atom is 0.416 e. The molecule has 0 aliphatic carbocycles. The van der Waals surface area contributed by atoms with Gasteiger partial charge in [-0.1, -0.05) is 5.16 Å². The molecule has 1 aliphatic heterocycles. The summed E-state index contributed by atoms with van der Waals surface area (Å²) in [7, 11) is 1.58. The molecule has 3 heterocycles. The van der Waals surface area contributed by atoms with E-state index < -0.39 is 24.3 Å². The van der Waals surface area contributed by atoms with Crippen LogP contribution < -0.4 is 15.0 Å². The summed E-state index contributed by atoms with van der Waals surface area (Å²) in [6.45, 7) is 3.50. The van der Waals surface area contributed by atoms with Crippen LogP contribution in [0, 0.1) is 0 Å². The van der Waals surface area contributed by atoms with Gasteiger partial charge in [0.2, 0.25) is 17.7 Å². The molecule has 2 N–H and O–H groups in total. The number of nitrogens with zero attached hydrogens (tertiary/aromatic N) is 5. The van der Waals surface area contributed by atoms with Gasteiger partial charge in [0.05, 0.1) is 17.7 Å². The van der Waals surface area contributed by atoms with E-state index in [-0.39, 0.29) is 12.6 Å². The Morgan fingerprint density at radius 1 is 1.31 bits per heavy atom. The second kappa shape index (κ2) is 9.09. The minimum absolute atomic E-state index is 0.0886. The summed E-state index contributed by atoms with van der Waals surface area (Å²) >= 11 is 3.41. The number of ether oxygens (including phenoxy) is 2. The number of benzene rings is 1. The van der Waals surface area contributed by atoms with Gasteiger partial charge in [0, 0.05) is 11.8 Å². The summed E-state index contributed by atoms with van der Waals surface area (Å²) in [5.74, 6) is 1.97. The van der Waals surface area contributed by atoms with Crippen LogP contribution in [-0.2, 0) is 4.74 Å². The van der Waals surface area contributed by atoms with Gasteiger partial charge in [0.25, 0.3) is 0 Å². The number of carbonyl (C=O) groups excluding carboxylic acids is 1. The molecule has 0 radical (unpaired) electrons. The predicted octanol–water partition coefficient (Wildman–Crippen LogP) is 3.18. The fraction of sp³-hybridized carbons (Fsp3) is 0.350. The van der Waals surface area contributed by atoms with Gasteiger partial charge < -0.3 is 24.4 Å². The van der Waals surface area contributed by atoms with Crippen LogP contribution in [0.4, 0.5) is 16.6 Å². The fourth-order valence-electron chi connectivity index (χ4n) is 3.19. The summed E-state index contributed by atoms with van der Waals surface area (Å²) in [6.07, 6.45) is 0.163. The molecule has 1 fully saturated rings. The number of hydrogen-bond donors (Lipinski definition) is 2. The van der Waals surface area contributed by atoms with Crippen molar-refractivity contribution >= 4 is 33.8 Å². The predicted molar refractivity (Wildman–Crippen MR) is 117 cm³/mol. The number of anilines is 2. The van der Waals surface area contributed by atoms with Crippen molar-refractivity contribution in [2.45, 2.75) is 32.0 Å². The summed E-state index contributed by atoms with van der Waals surface area (Å²) < 4.78 is 16.6. The van der Waals surface area contributed by atoms with Gasteiger partial charge in [-0.05, 0) is 54.0 Å². The molecule has 11 nitrogen and oxygen atoms in total. The standard InChI is InChI=1S/C20H21BrN6O5/c1-10(18-25-17(26-32-18)12-4-5-13(21)15(8-12)30-3)23-19-22-7-6-16(24-19)27-14(11(2)28)9-31-20(27)29/h4-8,10-11,14,28H,9H2,1-3H3,(H,22,23,24)/t10-,11-,14-/m1/s1. The minimum atomic E-state index is -0.777. The number of cyclic esters (lactones) is 1. The Morgan fingerprint density at radius 2 is 2.12 bits per heavy atom. The number of rotatable bonds is 7. The SMILES string of the molecule is COc1cc(-c2noc([C@@H](C)Nc3nccc(N4C(=O)OC[C@@H]4[C@@H](C)O)n3)n2)ccc1Br. The van der Waals surface area contributed by atoms with Crippen LogP contribution in [0.25, 0.3) is 11.4 Å². The fourth-order valence-corrected chi connectivity index (χ4v) is 3.60. The molecule has 1 saturated heterocycles. The monoisotopic (exact) mass is 504 g/mol. The van der Waals surface area contributed by atoms with Crippen molar-refractivity contribution in [3.05, 3.63) is 40.8 Å². The number of hydrogen-bond acceptors (Lipinski definition) is 10. The molecule has 3 aromatic rings. The zero-order valence-electron chi connectivity index (χ0n) is 17.5. The third kappa shape index (κ3) is 4.36. The molecule has 4 rings (SSSR count). The van der Waals surface area contributed by atoms with Crippen molar-refractivity contribution < 1.29 is 23.9 Å². The Labute approximate surface area is 191 Å². The Hall–Kier alpha value is -3.25. The maximum atomic E-state index is 12.1. The number of methoxy groups -OCH3 is 1. The van der Waals surface area contributed by atoms with E-state index in [4.69, 9.17) is 14.0 Å². The van der Waals surface area contributed by atoms with Crippen LogP contribution in [0.5, 0.6) is 5.75 Å². The zero-order valence-corrected chi connectivity index (χ0v) is 19.1. The van der Waals surface area contributed by atoms with Gasteiger partial charge in [-0.3, -0.25) is 4.90 Å². The highest BCUT2D eigenvalue weighted by atomic mass is 79.9. The second-order valence-electron chi connectivity index (χ2n) is 7.16. The minimum Gasteiger partial charge on any atom is -0.496 e. The van der Waals surface area contributed by atoms with Crippen LogP contribution in [0.2, 0.25) is 0 Å². The Bertz CT molecular complexity index is 1120. The molecular weight excluding hydrogens is 484 g/mol. The summed E-state index contributed by atoms with van der Waals surface area (Å²) in [4.78, 5) is 26.4. The van der Waals surface area contributed by atoms with Gasteiger partial charge in [-0.15, -0.1) is 0 Å². The van der Waals surface area contributed by atoms with Crippen molar-refractivity contribution in [1.29, 1.82) is 0 Å². The van der Waals surface area contributed by atoms with E-state index in [0.29, 0.717) is 23.3 Å². The van der Waals surface area contributed by atoms with Crippen LogP contribution in [0.1, 0.15) is 25.8 Å². The van der Waals surface area contributed by atoms with Gasteiger partial charge in [-0.2, -0.15) is 9.97 Å². The molecule has 2 aromatic heterocycles. The summed E-state index contributed by atoms with van der Waals surface area (Å²) in [6, 6.07) is 6.13. The number of nitrogens with one attached hydrogen (secondary N) is 1. The average Bonchev–Trinajstić information content (AvgIpc) is 3.41. The maximum absolute atomic E-state index is 12.1. The first-order valence-corrected chi connectivity index (χ1v) is 10.6. The Balaban J connectivity index is 1.51. The number of aromatic nitrogens is 4. The molecule has 32 heavy (non-hydrogen) atoms. The van der Waals surface area contributed by atoms with Crippen molar-refractivity contribution in [2.24, 2.45) is 0 Å². The van der Waals surface area contributed by atoms with Crippen LogP contribution in [0.3, 0.4) is 0 Å². The van der Waals surface area contributed by atoms with Crippen molar-refractivity contribution in [3.63, 3.8) is 0 Å². The third-order valence-corrected chi connectivity index (χ3v) is 5.57. The molecule has 0 saturated carbocycles. The smallest absolute Gasteiger partial charge is 0.416 e. The van der Waals surface area contributed by atoms with Crippen molar-refractivity contribution in [3.8, 4) is 17.1 Å². The highest BCUT2D eigenvalue weighted by Crippen LogP contribution is 2.30. The van der Waals surface area contributed by atoms with Gasteiger partial charge in [0.15, 0.2) is 0 Å². The molecule has 1 aliphatic rings. The van der Waals surface area contributed by atoms with E-state index in [1.807, 2.05) is 19.1 Å². The number of amides is 1. The second-order valence-corrected chi connectivity index (χ2v) is 8.02. The highest BCUT2D eigenvalue weighted by Gasteiger charge is 2.38. The first-order valence-electron chi connectivity index (χ1n) is 9.78. The Morgan fingerprint density at radius 3 is 2.88 bits per heavy atom. The number of halogens is 1. The summed E-state index contributed by atoms with van der Waals surface area (Å²) in [5, 5.41) is 17.1. The zero-order chi connectivity index (χ0) is 22.8. The van der Waals surface area contributed by atoms with Gasteiger partial charge >= 0.3 is 6.09 Å². The molecular formula is C20H21BrN6O5. The first kappa shape index (κ1) is 22.0. The molecule has 3 atom stereocenters. The lowest BCUT2D eigenvalue weighted by Gasteiger charge is -2.22. The number of aliphatic hydroxyl groups excluding tert-OH is 1. The van der Waals surface area contributed by atoms with E-state index in [2.05, 4.69) is 41.4 Å². The third-order valence-electron chi connectivity index (χ3n) is 4.92. The lowest BCUT2D eigenvalue weighted by atomic mass is 10.2. The molecule has 12 heteroatoms. The molecule has 0 bridgehead atoms. The first-order chi connectivity index (χ1) is 15.4. The van der Waals surface area contributed by atoms with Crippen LogP contribution >= 0.6 is 15.9 Å². The van der Waals surface area contributed by atoms with E-state index >= 15 is 0 Å². The largest absolute Gasteiger partial charge is 0.496 e. The molecule has 0 unspecified atom stereocenters. The quantitative estimate of drug-likeness (QED) is 0.493. The molecule has 1 amide bonds. The van der Waals surface area contributed by atoms with E-state index in [1.54, 1.807) is 26.2 Å². The topological polar surface area (TPSA) is 136 Å². The van der Waals surface area contributed by atoms with Crippen LogP contribution in [0.15, 0.2) is 39.5 Å². The van der Waals surface area contributed by atoms with Crippen LogP contribution in [-0.4, -0.2) is 57.2 Å². The van der Waals surface area contributed by atoms with E-state index in [1.165, 1.54) is 11.1 Å². The average molecular weight is 505 g/mol. The molecule has 168 valence electrons. The molecule has 1 aromatic carbocycles. The lowest BCUT2D eigenvalue weighted by Crippen LogP contribution is -2.41. The molecule has 0 spiro atoms. The highest BCUT2D eigenvalue weighted by molar-refractivity contribution is 9.10. The van der Waals surface area contributed by atoms with E-state index in [0.717, 1.165) is 10.0 Å². The summed E-state index contributed by atoms with van der Waals surface area (Å²) in [5.41, 5.74) is 0.738. The Kier molecular flexibility index (Phi) is 6.24. The lowest BCUT2D eigenvalue weighted by molar-refractivity contribution is 0.142. The van der Waals surface area contributed by atoms with Gasteiger partial charge in [-0.25, -0.2) is 9.78 Å². The van der Waals surface area contributed by atoms with Gasteiger partial charge in [0.1, 0.15) is 30.3 Å². The number of carbonyl (C=O) groups is 1.